The highest BCUT2D eigenvalue weighted by atomic mass is 35.5. The van der Waals surface area contributed by atoms with Crippen molar-refractivity contribution in [2.24, 2.45) is 5.73 Å². The minimum atomic E-state index is 0. The second kappa shape index (κ2) is 27.2. The molecule has 0 aliphatic rings. The van der Waals surface area contributed by atoms with E-state index in [1.54, 1.807) is 0 Å². The van der Waals surface area contributed by atoms with Gasteiger partial charge in [-0.15, -0.1) is 49.6 Å². The monoisotopic (exact) mass is 444 g/mol. The van der Waals surface area contributed by atoms with Gasteiger partial charge in [-0.25, -0.2) is 0 Å². The van der Waals surface area contributed by atoms with Crippen molar-refractivity contribution in [1.29, 1.82) is 0 Å². The van der Waals surface area contributed by atoms with E-state index in [1.807, 2.05) is 0 Å². The van der Waals surface area contributed by atoms with Crippen LogP contribution in [0.15, 0.2) is 0 Å². The van der Waals surface area contributed by atoms with E-state index >= 15 is 0 Å². The Hall–Kier alpha value is 1.00. The normalized spacial score (nSPS) is 12.2. The molecule has 4 nitrogen and oxygen atoms in total. The first-order valence-corrected chi connectivity index (χ1v) is 8.91. The zero-order valence-electron chi connectivity index (χ0n) is 16.6. The van der Waals surface area contributed by atoms with Gasteiger partial charge in [0.15, 0.2) is 0 Å². The Kier molecular flexibility index (Phi) is 40.1. The molecule has 0 saturated heterocycles. The SMILES string of the molecule is CNC(C)CCN(CCCCCCCN)CCC(C)NC.Cl.Cl.Cl.Cl. The van der Waals surface area contributed by atoms with Gasteiger partial charge < -0.3 is 21.3 Å². The molecule has 0 amide bonds. The number of rotatable bonds is 15. The number of halogens is 4. The Labute approximate surface area is 181 Å². The van der Waals surface area contributed by atoms with Crippen molar-refractivity contribution in [3.63, 3.8) is 0 Å². The fraction of sp³-hybridized carbons (Fsp3) is 1.00. The molecule has 0 radical (unpaired) electrons. The molecule has 0 aromatic heterocycles. The van der Waals surface area contributed by atoms with Crippen molar-refractivity contribution in [3.05, 3.63) is 0 Å². The molecular weight excluding hydrogens is 402 g/mol. The van der Waals surface area contributed by atoms with E-state index in [-0.39, 0.29) is 49.6 Å². The lowest BCUT2D eigenvalue weighted by atomic mass is 10.1. The second-order valence-electron chi connectivity index (χ2n) is 6.35. The Balaban J connectivity index is -0.000000333. The molecule has 0 saturated carbocycles. The van der Waals surface area contributed by atoms with Gasteiger partial charge in [0.1, 0.15) is 0 Å². The van der Waals surface area contributed by atoms with Gasteiger partial charge in [0.05, 0.1) is 0 Å². The predicted octanol–water partition coefficient (Wildman–Crippen LogP) is 3.88. The summed E-state index contributed by atoms with van der Waals surface area (Å²) >= 11 is 0. The number of nitrogens with one attached hydrogen (secondary N) is 2. The lowest BCUT2D eigenvalue weighted by Gasteiger charge is -2.25. The quantitative estimate of drug-likeness (QED) is 0.334. The molecule has 0 heterocycles. The average molecular weight is 446 g/mol. The number of nitrogens with zero attached hydrogens (tertiary/aromatic N) is 1. The molecule has 4 N–H and O–H groups in total. The standard InChI is InChI=1S/C17H40N4.4ClH/c1-16(19-3)10-14-21(15-11-17(2)20-4)13-9-7-5-6-8-12-18;;;;/h16-17,19-20H,5-15,18H2,1-4H3;4*1H. The number of unbranched alkanes of at least 4 members (excludes halogenated alkanes) is 4. The lowest BCUT2D eigenvalue weighted by Crippen LogP contribution is -2.35. The first-order valence-electron chi connectivity index (χ1n) is 8.91. The van der Waals surface area contributed by atoms with Crippen LogP contribution in [-0.2, 0) is 0 Å². The summed E-state index contributed by atoms with van der Waals surface area (Å²) in [6.45, 7) is 9.04. The number of nitrogens with two attached hydrogens (primary N) is 1. The van der Waals surface area contributed by atoms with Gasteiger partial charge >= 0.3 is 0 Å². The van der Waals surface area contributed by atoms with Crippen LogP contribution in [0.1, 0.15) is 58.8 Å². The molecule has 0 bridgehead atoms. The van der Waals surface area contributed by atoms with E-state index in [4.69, 9.17) is 5.73 Å². The molecular formula is C17H44Cl4N4. The van der Waals surface area contributed by atoms with Crippen molar-refractivity contribution in [1.82, 2.24) is 15.5 Å². The third-order valence-electron chi connectivity index (χ3n) is 4.42. The summed E-state index contributed by atoms with van der Waals surface area (Å²) in [6, 6.07) is 1.22. The van der Waals surface area contributed by atoms with E-state index in [9.17, 15) is 0 Å². The largest absolute Gasteiger partial charge is 0.330 e. The smallest absolute Gasteiger partial charge is 0.00479 e. The van der Waals surface area contributed by atoms with Crippen LogP contribution in [0.5, 0.6) is 0 Å². The second-order valence-corrected chi connectivity index (χ2v) is 6.35. The highest BCUT2D eigenvalue weighted by molar-refractivity contribution is 5.86. The summed E-state index contributed by atoms with van der Waals surface area (Å²) in [6.07, 6.45) is 8.96. The van der Waals surface area contributed by atoms with E-state index in [0.717, 1.165) is 6.54 Å². The minimum absolute atomic E-state index is 0. The van der Waals surface area contributed by atoms with Crippen LogP contribution >= 0.6 is 49.6 Å². The van der Waals surface area contributed by atoms with Crippen LogP contribution in [0.4, 0.5) is 0 Å². The van der Waals surface area contributed by atoms with Crippen molar-refractivity contribution < 1.29 is 0 Å². The molecule has 0 aromatic carbocycles. The number of hydrogen-bond donors (Lipinski definition) is 3. The Morgan fingerprint density at radius 3 is 1.48 bits per heavy atom. The summed E-state index contributed by atoms with van der Waals surface area (Å²) in [5.41, 5.74) is 5.53. The van der Waals surface area contributed by atoms with Gasteiger partial charge in [0.2, 0.25) is 0 Å². The van der Waals surface area contributed by atoms with Crippen LogP contribution < -0.4 is 16.4 Å². The van der Waals surface area contributed by atoms with E-state index in [1.165, 1.54) is 64.6 Å². The van der Waals surface area contributed by atoms with E-state index in [0.29, 0.717) is 12.1 Å². The molecule has 0 rings (SSSR count). The molecule has 8 heteroatoms. The maximum absolute atomic E-state index is 5.53. The van der Waals surface area contributed by atoms with Crippen molar-refractivity contribution in [2.75, 3.05) is 40.3 Å². The third kappa shape index (κ3) is 25.0. The maximum Gasteiger partial charge on any atom is 0.00479 e. The fourth-order valence-corrected chi connectivity index (χ4v) is 2.39. The van der Waals surface area contributed by atoms with Gasteiger partial charge in [-0.05, 0) is 79.8 Å². The van der Waals surface area contributed by atoms with Gasteiger partial charge in [0, 0.05) is 12.1 Å². The molecule has 2 unspecified atom stereocenters. The molecule has 0 aliphatic heterocycles. The summed E-state index contributed by atoms with van der Waals surface area (Å²) < 4.78 is 0. The van der Waals surface area contributed by atoms with Crippen molar-refractivity contribution in [3.8, 4) is 0 Å². The Bertz CT molecular complexity index is 213. The third-order valence-corrected chi connectivity index (χ3v) is 4.42. The Morgan fingerprint density at radius 2 is 1.08 bits per heavy atom. The molecule has 160 valence electrons. The highest BCUT2D eigenvalue weighted by Crippen LogP contribution is 2.06. The first-order chi connectivity index (χ1) is 10.1. The maximum atomic E-state index is 5.53. The van der Waals surface area contributed by atoms with E-state index < -0.39 is 0 Å². The van der Waals surface area contributed by atoms with Gasteiger partial charge in [-0.2, -0.15) is 0 Å². The first kappa shape index (κ1) is 36.8. The molecule has 25 heavy (non-hydrogen) atoms. The van der Waals surface area contributed by atoms with Crippen LogP contribution in [0.25, 0.3) is 0 Å². The van der Waals surface area contributed by atoms with Gasteiger partial charge in [0.25, 0.3) is 0 Å². The molecule has 0 aromatic rings. The summed E-state index contributed by atoms with van der Waals surface area (Å²) in [5.74, 6) is 0. The van der Waals surface area contributed by atoms with Crippen LogP contribution in [0, 0.1) is 0 Å². The minimum Gasteiger partial charge on any atom is -0.330 e. The molecule has 2 atom stereocenters. The zero-order chi connectivity index (χ0) is 15.9. The topological polar surface area (TPSA) is 53.3 Å². The summed E-state index contributed by atoms with van der Waals surface area (Å²) in [4.78, 5) is 2.64. The van der Waals surface area contributed by atoms with Crippen LogP contribution in [0.3, 0.4) is 0 Å². The van der Waals surface area contributed by atoms with Gasteiger partial charge in [-0.1, -0.05) is 19.3 Å². The molecule has 0 spiro atoms. The van der Waals surface area contributed by atoms with Crippen molar-refractivity contribution >= 4 is 49.6 Å². The van der Waals surface area contributed by atoms with Gasteiger partial charge in [-0.3, -0.25) is 0 Å². The summed E-state index contributed by atoms with van der Waals surface area (Å²) in [7, 11) is 4.10. The summed E-state index contributed by atoms with van der Waals surface area (Å²) in [5, 5.41) is 6.67. The van der Waals surface area contributed by atoms with Crippen molar-refractivity contribution in [2.45, 2.75) is 70.9 Å². The fourth-order valence-electron chi connectivity index (χ4n) is 2.39. The van der Waals surface area contributed by atoms with Crippen LogP contribution in [0.2, 0.25) is 0 Å². The molecule has 0 fully saturated rings. The predicted molar refractivity (Wildman–Crippen MR) is 124 cm³/mol. The van der Waals surface area contributed by atoms with E-state index in [2.05, 4.69) is 43.5 Å². The number of hydrogen-bond acceptors (Lipinski definition) is 4. The molecule has 0 aliphatic carbocycles. The highest BCUT2D eigenvalue weighted by Gasteiger charge is 2.08. The lowest BCUT2D eigenvalue weighted by molar-refractivity contribution is 0.243. The average Bonchev–Trinajstić information content (AvgIpc) is 2.51. The van der Waals surface area contributed by atoms with Crippen LogP contribution in [-0.4, -0.2) is 57.3 Å². The zero-order valence-corrected chi connectivity index (χ0v) is 19.9. The Morgan fingerprint density at radius 1 is 0.680 bits per heavy atom.